The highest BCUT2D eigenvalue weighted by Gasteiger charge is 2.35. The highest BCUT2D eigenvalue weighted by Crippen LogP contribution is 2.40. The standard InChI is InChI=1S/C19H10ClNO3S3/c20-11-5-7-12(8-6-11)27(23,24)17(10-21)18(22)15-9-16-19(26-15)13-3-1-2-4-14(13)25-16/h1-9,17H/t17-/m1/s1. The molecule has 27 heavy (non-hydrogen) atoms. The number of benzene rings is 2. The second-order valence-corrected chi connectivity index (χ2v) is 10.4. The number of nitriles is 1. The number of hydrogen-bond acceptors (Lipinski definition) is 6. The van der Waals surface area contributed by atoms with Crippen LogP contribution in [-0.2, 0) is 9.84 Å². The van der Waals surface area contributed by atoms with E-state index in [-0.39, 0.29) is 9.77 Å². The fraction of sp³-hybridized carbons (Fsp3) is 0.0526. The van der Waals surface area contributed by atoms with E-state index in [0.717, 1.165) is 19.5 Å². The van der Waals surface area contributed by atoms with Crippen LogP contribution in [0.15, 0.2) is 59.5 Å². The minimum atomic E-state index is -4.14. The molecule has 0 saturated carbocycles. The third kappa shape index (κ3) is 3.05. The molecule has 0 bridgehead atoms. The van der Waals surface area contributed by atoms with Crippen molar-refractivity contribution >= 4 is 69.4 Å². The molecule has 0 fully saturated rings. The van der Waals surface area contributed by atoms with E-state index in [9.17, 15) is 18.5 Å². The lowest BCUT2D eigenvalue weighted by Gasteiger charge is -2.09. The predicted molar refractivity (Wildman–Crippen MR) is 110 cm³/mol. The van der Waals surface area contributed by atoms with Gasteiger partial charge in [0.15, 0.2) is 0 Å². The number of thiophene rings is 2. The highest BCUT2D eigenvalue weighted by molar-refractivity contribution is 7.93. The summed E-state index contributed by atoms with van der Waals surface area (Å²) in [7, 11) is -4.14. The zero-order valence-corrected chi connectivity index (χ0v) is 16.8. The molecule has 0 amide bonds. The average Bonchev–Trinajstić information content (AvgIpc) is 3.20. The van der Waals surface area contributed by atoms with Crippen molar-refractivity contribution in [2.45, 2.75) is 10.1 Å². The van der Waals surface area contributed by atoms with Gasteiger partial charge in [0.1, 0.15) is 0 Å². The Kier molecular flexibility index (Phi) is 4.52. The van der Waals surface area contributed by atoms with E-state index in [2.05, 4.69) is 0 Å². The number of carbonyl (C=O) groups is 1. The van der Waals surface area contributed by atoms with Gasteiger partial charge >= 0.3 is 0 Å². The van der Waals surface area contributed by atoms with Crippen molar-refractivity contribution in [3.63, 3.8) is 0 Å². The van der Waals surface area contributed by atoms with Crippen LogP contribution < -0.4 is 0 Å². The van der Waals surface area contributed by atoms with E-state index in [1.165, 1.54) is 46.9 Å². The van der Waals surface area contributed by atoms with E-state index < -0.39 is 20.9 Å². The van der Waals surface area contributed by atoms with Crippen molar-refractivity contribution < 1.29 is 13.2 Å². The van der Waals surface area contributed by atoms with Crippen LogP contribution in [-0.4, -0.2) is 19.5 Å². The van der Waals surface area contributed by atoms with Crippen molar-refractivity contribution in [2.24, 2.45) is 0 Å². The van der Waals surface area contributed by atoms with Crippen molar-refractivity contribution in [1.82, 2.24) is 0 Å². The summed E-state index contributed by atoms with van der Waals surface area (Å²) < 4.78 is 28.5. The lowest BCUT2D eigenvalue weighted by atomic mass is 10.2. The van der Waals surface area contributed by atoms with Gasteiger partial charge in [-0.2, -0.15) is 5.26 Å². The zero-order chi connectivity index (χ0) is 19.2. The molecule has 134 valence electrons. The third-order valence-corrected chi connectivity index (χ3v) is 8.65. The molecule has 2 heterocycles. The van der Waals surface area contributed by atoms with E-state index >= 15 is 0 Å². The van der Waals surface area contributed by atoms with Crippen molar-refractivity contribution in [1.29, 1.82) is 5.26 Å². The number of fused-ring (bicyclic) bond motifs is 3. The molecule has 8 heteroatoms. The molecule has 0 aliphatic heterocycles. The molecule has 1 atom stereocenters. The molecule has 4 rings (SSSR count). The minimum Gasteiger partial charge on any atom is -0.291 e. The number of hydrogen-bond donors (Lipinski definition) is 0. The van der Waals surface area contributed by atoms with Gasteiger partial charge in [-0.3, -0.25) is 4.79 Å². The summed E-state index contributed by atoms with van der Waals surface area (Å²) in [6, 6.07) is 16.6. The predicted octanol–water partition coefficient (Wildman–Crippen LogP) is 5.32. The average molecular weight is 432 g/mol. The topological polar surface area (TPSA) is 75.0 Å². The van der Waals surface area contributed by atoms with Gasteiger partial charge in [0.25, 0.3) is 0 Å². The molecular formula is C19H10ClNO3S3. The molecule has 0 unspecified atom stereocenters. The normalized spacial score (nSPS) is 12.9. The van der Waals surface area contributed by atoms with Gasteiger partial charge in [-0.05, 0) is 36.4 Å². The summed E-state index contributed by atoms with van der Waals surface area (Å²) in [6.07, 6.45) is 0. The van der Waals surface area contributed by atoms with Crippen LogP contribution >= 0.6 is 34.3 Å². The first-order chi connectivity index (χ1) is 12.9. The maximum absolute atomic E-state index is 12.9. The lowest BCUT2D eigenvalue weighted by Crippen LogP contribution is -2.28. The summed E-state index contributed by atoms with van der Waals surface area (Å²) in [5, 5.41) is 9.04. The molecule has 4 aromatic rings. The molecule has 0 radical (unpaired) electrons. The van der Waals surface area contributed by atoms with Crippen LogP contribution in [0.2, 0.25) is 5.02 Å². The van der Waals surface area contributed by atoms with Gasteiger partial charge in [-0.1, -0.05) is 29.8 Å². The second kappa shape index (κ2) is 6.73. The van der Waals surface area contributed by atoms with Crippen LogP contribution in [0.5, 0.6) is 0 Å². The molecule has 0 aliphatic rings. The summed E-state index contributed by atoms with van der Waals surface area (Å²) in [5.74, 6) is -0.704. The largest absolute Gasteiger partial charge is 0.291 e. The fourth-order valence-electron chi connectivity index (χ4n) is 2.78. The van der Waals surface area contributed by atoms with Gasteiger partial charge in [-0.15, -0.1) is 22.7 Å². The molecular weight excluding hydrogens is 422 g/mol. The number of Topliss-reactive ketones (excluding diaryl/α,β-unsaturated/α-hetero) is 1. The molecule has 0 spiro atoms. The van der Waals surface area contributed by atoms with Crippen molar-refractivity contribution in [3.8, 4) is 6.07 Å². The number of carbonyl (C=O) groups excluding carboxylic acids is 1. The Balaban J connectivity index is 1.77. The molecule has 2 aromatic heterocycles. The lowest BCUT2D eigenvalue weighted by molar-refractivity contribution is 0.100. The van der Waals surface area contributed by atoms with Crippen LogP contribution in [0, 0.1) is 11.3 Å². The smallest absolute Gasteiger partial charge is 0.215 e. The minimum absolute atomic E-state index is 0.101. The van der Waals surface area contributed by atoms with E-state index in [0.29, 0.717) is 5.02 Å². The van der Waals surface area contributed by atoms with Crippen LogP contribution in [0.4, 0.5) is 0 Å². The SMILES string of the molecule is N#C[C@H](C(=O)c1cc2sc3ccccc3c2s1)S(=O)(=O)c1ccc(Cl)cc1. The highest BCUT2D eigenvalue weighted by atomic mass is 35.5. The molecule has 0 saturated heterocycles. The van der Waals surface area contributed by atoms with Gasteiger partial charge in [0.05, 0.1) is 20.5 Å². The maximum Gasteiger partial charge on any atom is 0.215 e. The first-order valence-corrected chi connectivity index (χ1v) is 11.3. The second-order valence-electron chi connectivity index (χ2n) is 5.77. The monoisotopic (exact) mass is 431 g/mol. The van der Waals surface area contributed by atoms with Gasteiger partial charge in [0.2, 0.25) is 20.9 Å². The summed E-state index contributed by atoms with van der Waals surface area (Å²) in [4.78, 5) is 13.0. The van der Waals surface area contributed by atoms with E-state index in [1.807, 2.05) is 24.3 Å². The Labute approximate surface area is 168 Å². The maximum atomic E-state index is 12.9. The number of rotatable bonds is 4. The number of ketones is 1. The summed E-state index contributed by atoms with van der Waals surface area (Å²) in [6.45, 7) is 0. The van der Waals surface area contributed by atoms with E-state index in [4.69, 9.17) is 11.6 Å². The number of nitrogens with zero attached hydrogens (tertiary/aromatic N) is 1. The quantitative estimate of drug-likeness (QED) is 0.410. The Morgan fingerprint density at radius 1 is 1.04 bits per heavy atom. The van der Waals surface area contributed by atoms with Crippen LogP contribution in [0.25, 0.3) is 19.5 Å². The first-order valence-electron chi connectivity index (χ1n) is 7.76. The Hall–Kier alpha value is -2.24. The van der Waals surface area contributed by atoms with Crippen LogP contribution in [0.3, 0.4) is 0 Å². The van der Waals surface area contributed by atoms with Crippen molar-refractivity contribution in [3.05, 3.63) is 64.5 Å². The molecule has 2 aromatic carbocycles. The van der Waals surface area contributed by atoms with Crippen LogP contribution in [0.1, 0.15) is 9.67 Å². The Bertz CT molecular complexity index is 1330. The summed E-state index contributed by atoms with van der Waals surface area (Å²) in [5.41, 5.74) is 0. The van der Waals surface area contributed by atoms with Crippen molar-refractivity contribution in [2.75, 3.05) is 0 Å². The fourth-order valence-corrected chi connectivity index (χ4v) is 6.81. The zero-order valence-electron chi connectivity index (χ0n) is 13.5. The van der Waals surface area contributed by atoms with Gasteiger partial charge in [-0.25, -0.2) is 8.42 Å². The molecule has 0 aliphatic carbocycles. The number of halogens is 1. The Morgan fingerprint density at radius 2 is 1.74 bits per heavy atom. The molecule has 0 N–H and O–H groups in total. The first kappa shape index (κ1) is 18.1. The summed E-state index contributed by atoms with van der Waals surface area (Å²) >= 11 is 8.55. The molecule has 4 nitrogen and oxygen atoms in total. The van der Waals surface area contributed by atoms with Gasteiger partial charge in [0, 0.05) is 19.8 Å². The Morgan fingerprint density at radius 3 is 2.44 bits per heavy atom. The van der Waals surface area contributed by atoms with E-state index in [1.54, 1.807) is 12.1 Å². The third-order valence-electron chi connectivity index (χ3n) is 4.10. The van der Waals surface area contributed by atoms with Gasteiger partial charge < -0.3 is 0 Å². The number of sulfone groups is 1.